The molecule has 0 radical (unpaired) electrons. The lowest BCUT2D eigenvalue weighted by molar-refractivity contribution is -0.136. The molecule has 0 saturated heterocycles. The summed E-state index contributed by atoms with van der Waals surface area (Å²) in [5.41, 5.74) is 0.729. The zero-order chi connectivity index (χ0) is 13.1. The molecule has 0 heterocycles. The Morgan fingerprint density at radius 2 is 1.71 bits per heavy atom. The maximum Gasteiger partial charge on any atom is 0.287 e. The molecule has 0 bridgehead atoms. The molecule has 1 aromatic rings. The highest BCUT2D eigenvalue weighted by molar-refractivity contribution is 7.90. The Labute approximate surface area is 99.8 Å². The van der Waals surface area contributed by atoms with Gasteiger partial charge in [-0.15, -0.1) is 0 Å². The number of ketones is 1. The maximum atomic E-state index is 11.2. The van der Waals surface area contributed by atoms with Gasteiger partial charge in [0.25, 0.3) is 5.91 Å². The van der Waals surface area contributed by atoms with Crippen LogP contribution in [0.2, 0.25) is 0 Å². The number of carbonyl (C=O) groups excluding carboxylic acids is 2. The summed E-state index contributed by atoms with van der Waals surface area (Å²) in [6, 6.07) is 6.11. The van der Waals surface area contributed by atoms with Gasteiger partial charge in [0.2, 0.25) is 5.78 Å². The maximum absolute atomic E-state index is 11.2. The van der Waals surface area contributed by atoms with Crippen molar-refractivity contribution in [1.82, 2.24) is 5.32 Å². The first kappa shape index (κ1) is 13.4. The molecular weight excluding hydrogens is 242 g/mol. The van der Waals surface area contributed by atoms with Crippen LogP contribution in [0.3, 0.4) is 0 Å². The van der Waals surface area contributed by atoms with E-state index < -0.39 is 21.5 Å². The summed E-state index contributed by atoms with van der Waals surface area (Å²) < 4.78 is 22.4. The Bertz CT molecular complexity index is 531. The summed E-state index contributed by atoms with van der Waals surface area (Å²) in [4.78, 5) is 21.9. The lowest BCUT2D eigenvalue weighted by Crippen LogP contribution is -2.28. The van der Waals surface area contributed by atoms with E-state index in [1.54, 1.807) is 12.1 Å². The average molecular weight is 255 g/mol. The molecule has 0 atom stereocenters. The fourth-order valence-corrected chi connectivity index (χ4v) is 1.79. The predicted octanol–water partition coefficient (Wildman–Crippen LogP) is 0.295. The van der Waals surface area contributed by atoms with Crippen LogP contribution < -0.4 is 5.32 Å². The molecule has 0 aromatic heterocycles. The van der Waals surface area contributed by atoms with Crippen molar-refractivity contribution in [2.45, 2.75) is 18.4 Å². The molecule has 1 rings (SSSR count). The van der Waals surface area contributed by atoms with Gasteiger partial charge in [0.05, 0.1) is 4.90 Å². The van der Waals surface area contributed by atoms with Crippen LogP contribution in [-0.2, 0) is 26.0 Å². The number of nitrogens with one attached hydrogen (secondary N) is 1. The van der Waals surface area contributed by atoms with Crippen molar-refractivity contribution >= 4 is 21.5 Å². The fourth-order valence-electron chi connectivity index (χ4n) is 1.16. The van der Waals surface area contributed by atoms with Crippen molar-refractivity contribution < 1.29 is 18.0 Å². The minimum Gasteiger partial charge on any atom is -0.345 e. The van der Waals surface area contributed by atoms with Crippen LogP contribution in [0.25, 0.3) is 0 Å². The van der Waals surface area contributed by atoms with Gasteiger partial charge in [-0.1, -0.05) is 12.1 Å². The van der Waals surface area contributed by atoms with Gasteiger partial charge >= 0.3 is 0 Å². The molecule has 6 heteroatoms. The first-order chi connectivity index (χ1) is 7.80. The summed E-state index contributed by atoms with van der Waals surface area (Å²) in [6.45, 7) is 1.38. The third kappa shape index (κ3) is 3.99. The Kier molecular flexibility index (Phi) is 4.01. The van der Waals surface area contributed by atoms with Gasteiger partial charge in [0.15, 0.2) is 9.84 Å². The SMILES string of the molecule is CC(=O)C(=O)NCc1ccc(S(C)(=O)=O)cc1. The standard InChI is InChI=1S/C11H13NO4S/c1-8(13)11(14)12-7-9-3-5-10(6-4-9)17(2,15)16/h3-6H,7H2,1-2H3,(H,12,14). The second kappa shape index (κ2) is 5.09. The van der Waals surface area contributed by atoms with Gasteiger partial charge in [-0.3, -0.25) is 9.59 Å². The van der Waals surface area contributed by atoms with Crippen LogP contribution in [0, 0.1) is 0 Å². The number of Topliss-reactive ketones (excluding diaryl/α,β-unsaturated/α-hetero) is 1. The van der Waals surface area contributed by atoms with Crippen molar-refractivity contribution in [1.29, 1.82) is 0 Å². The molecular formula is C11H13NO4S. The number of hydrogen-bond acceptors (Lipinski definition) is 4. The van der Waals surface area contributed by atoms with Gasteiger partial charge in [0, 0.05) is 19.7 Å². The lowest BCUT2D eigenvalue weighted by atomic mass is 10.2. The van der Waals surface area contributed by atoms with Crippen LogP contribution in [0.4, 0.5) is 0 Å². The van der Waals surface area contributed by atoms with E-state index in [-0.39, 0.29) is 11.4 Å². The van der Waals surface area contributed by atoms with Gasteiger partial charge in [0.1, 0.15) is 0 Å². The molecule has 1 amide bonds. The smallest absolute Gasteiger partial charge is 0.287 e. The molecule has 0 aliphatic rings. The number of hydrogen-bond donors (Lipinski definition) is 1. The van der Waals surface area contributed by atoms with Crippen LogP contribution in [0.15, 0.2) is 29.2 Å². The molecule has 0 saturated carbocycles. The van der Waals surface area contributed by atoms with Crippen molar-refractivity contribution in [3.8, 4) is 0 Å². The summed E-state index contributed by atoms with van der Waals surface area (Å²) in [7, 11) is -3.21. The Balaban J connectivity index is 2.70. The van der Waals surface area contributed by atoms with Gasteiger partial charge in [-0.2, -0.15) is 0 Å². The highest BCUT2D eigenvalue weighted by Gasteiger charge is 2.08. The van der Waals surface area contributed by atoms with E-state index in [1.165, 1.54) is 19.1 Å². The number of carbonyl (C=O) groups is 2. The molecule has 0 aliphatic carbocycles. The predicted molar refractivity (Wildman–Crippen MR) is 62.1 cm³/mol. The minimum absolute atomic E-state index is 0.197. The van der Waals surface area contributed by atoms with Crippen molar-refractivity contribution in [2.24, 2.45) is 0 Å². The summed E-state index contributed by atoms with van der Waals surface area (Å²) >= 11 is 0. The molecule has 0 spiro atoms. The monoisotopic (exact) mass is 255 g/mol. The van der Waals surface area contributed by atoms with Gasteiger partial charge in [-0.25, -0.2) is 8.42 Å². The molecule has 5 nitrogen and oxygen atoms in total. The van der Waals surface area contributed by atoms with Crippen molar-refractivity contribution in [3.05, 3.63) is 29.8 Å². The molecule has 17 heavy (non-hydrogen) atoms. The first-order valence-electron chi connectivity index (χ1n) is 4.88. The van der Waals surface area contributed by atoms with E-state index in [0.29, 0.717) is 0 Å². The number of rotatable bonds is 4. The van der Waals surface area contributed by atoms with Gasteiger partial charge < -0.3 is 5.32 Å². The van der Waals surface area contributed by atoms with Crippen LogP contribution >= 0.6 is 0 Å². The first-order valence-corrected chi connectivity index (χ1v) is 6.77. The Morgan fingerprint density at radius 3 is 2.12 bits per heavy atom. The Hall–Kier alpha value is -1.69. The highest BCUT2D eigenvalue weighted by atomic mass is 32.2. The number of amides is 1. The quantitative estimate of drug-likeness (QED) is 0.784. The van der Waals surface area contributed by atoms with Crippen molar-refractivity contribution in [2.75, 3.05) is 6.26 Å². The molecule has 92 valence electrons. The zero-order valence-electron chi connectivity index (χ0n) is 9.56. The number of sulfone groups is 1. The summed E-state index contributed by atoms with van der Waals surface area (Å²) in [6.07, 6.45) is 1.12. The minimum atomic E-state index is -3.21. The largest absolute Gasteiger partial charge is 0.345 e. The van der Waals surface area contributed by atoms with Crippen LogP contribution in [-0.4, -0.2) is 26.4 Å². The highest BCUT2D eigenvalue weighted by Crippen LogP contribution is 2.09. The van der Waals surface area contributed by atoms with E-state index in [9.17, 15) is 18.0 Å². The van der Waals surface area contributed by atoms with E-state index in [0.717, 1.165) is 11.8 Å². The molecule has 1 N–H and O–H groups in total. The normalized spacial score (nSPS) is 10.9. The second-order valence-corrected chi connectivity index (χ2v) is 5.67. The molecule has 0 unspecified atom stereocenters. The van der Waals surface area contributed by atoms with E-state index >= 15 is 0 Å². The van der Waals surface area contributed by atoms with Crippen LogP contribution in [0.1, 0.15) is 12.5 Å². The topological polar surface area (TPSA) is 80.3 Å². The van der Waals surface area contributed by atoms with Gasteiger partial charge in [-0.05, 0) is 17.7 Å². The van der Waals surface area contributed by atoms with Crippen LogP contribution in [0.5, 0.6) is 0 Å². The molecule has 1 aromatic carbocycles. The third-order valence-corrected chi connectivity index (χ3v) is 3.25. The van der Waals surface area contributed by atoms with E-state index in [4.69, 9.17) is 0 Å². The zero-order valence-corrected chi connectivity index (χ0v) is 10.4. The number of benzene rings is 1. The average Bonchev–Trinajstić information content (AvgIpc) is 2.25. The van der Waals surface area contributed by atoms with E-state index in [1.807, 2.05) is 0 Å². The van der Waals surface area contributed by atoms with Crippen molar-refractivity contribution in [3.63, 3.8) is 0 Å². The molecule has 0 aliphatic heterocycles. The second-order valence-electron chi connectivity index (χ2n) is 3.65. The van der Waals surface area contributed by atoms with E-state index in [2.05, 4.69) is 5.32 Å². The summed E-state index contributed by atoms with van der Waals surface area (Å²) in [5.74, 6) is -1.21. The summed E-state index contributed by atoms with van der Waals surface area (Å²) in [5, 5.41) is 2.42. The molecule has 0 fully saturated rings. The Morgan fingerprint density at radius 1 is 1.18 bits per heavy atom. The fraction of sp³-hybridized carbons (Fsp3) is 0.273. The third-order valence-electron chi connectivity index (χ3n) is 2.12. The lowest BCUT2D eigenvalue weighted by Gasteiger charge is -2.04.